The molecule has 2 aliphatic rings. The van der Waals surface area contributed by atoms with E-state index < -0.39 is 0 Å². The summed E-state index contributed by atoms with van der Waals surface area (Å²) in [6.45, 7) is 6.11. The predicted molar refractivity (Wildman–Crippen MR) is 85.1 cm³/mol. The fraction of sp³-hybridized carbons (Fsp3) is 0.789. The topological polar surface area (TPSA) is 0 Å². The van der Waals surface area contributed by atoms with Crippen molar-refractivity contribution in [1.82, 2.24) is 0 Å². The minimum atomic E-state index is 0.839. The molecule has 2 fully saturated rings. The normalized spacial score (nSPS) is 36.5. The fourth-order valence-electron chi connectivity index (χ4n) is 4.40. The van der Waals surface area contributed by atoms with Gasteiger partial charge in [0.05, 0.1) is 0 Å². The lowest BCUT2D eigenvalue weighted by molar-refractivity contribution is 0.152. The van der Waals surface area contributed by atoms with Crippen LogP contribution in [0.2, 0.25) is 0 Å². The molecular formula is C19H32. The largest absolute Gasteiger partial charge is 0.0991 e. The van der Waals surface area contributed by atoms with Crippen LogP contribution in [0.5, 0.6) is 0 Å². The minimum absolute atomic E-state index is 0.839. The van der Waals surface area contributed by atoms with Crippen molar-refractivity contribution >= 4 is 0 Å². The first kappa shape index (κ1) is 14.9. The van der Waals surface area contributed by atoms with Crippen LogP contribution in [0.25, 0.3) is 0 Å². The molecule has 0 saturated heterocycles. The molecule has 0 atom stereocenters. The molecule has 0 spiro atoms. The monoisotopic (exact) mass is 260 g/mol. The van der Waals surface area contributed by atoms with Crippen LogP contribution in [0.15, 0.2) is 24.8 Å². The van der Waals surface area contributed by atoms with Gasteiger partial charge in [0.25, 0.3) is 0 Å². The summed E-state index contributed by atoms with van der Waals surface area (Å²) in [4.78, 5) is 0. The summed E-state index contributed by atoms with van der Waals surface area (Å²) in [6, 6.07) is 0. The molecule has 0 aromatic heterocycles. The van der Waals surface area contributed by atoms with Crippen molar-refractivity contribution < 1.29 is 0 Å². The van der Waals surface area contributed by atoms with Crippen LogP contribution in [0.3, 0.4) is 0 Å². The average Bonchev–Trinajstić information content (AvgIpc) is 2.47. The van der Waals surface area contributed by atoms with Crippen molar-refractivity contribution in [3.63, 3.8) is 0 Å². The second-order valence-electron chi connectivity index (χ2n) is 6.86. The van der Waals surface area contributed by atoms with Crippen LogP contribution in [-0.4, -0.2) is 0 Å². The summed E-state index contributed by atoms with van der Waals surface area (Å²) < 4.78 is 0. The molecule has 0 bridgehead atoms. The first-order valence-corrected chi connectivity index (χ1v) is 8.62. The molecule has 0 radical (unpaired) electrons. The van der Waals surface area contributed by atoms with Gasteiger partial charge >= 0.3 is 0 Å². The van der Waals surface area contributed by atoms with Crippen LogP contribution in [0, 0.1) is 23.7 Å². The van der Waals surface area contributed by atoms with E-state index in [0.29, 0.717) is 0 Å². The molecule has 2 aliphatic carbocycles. The Morgan fingerprint density at radius 1 is 0.895 bits per heavy atom. The maximum absolute atomic E-state index is 3.77. The summed E-state index contributed by atoms with van der Waals surface area (Å²) >= 11 is 0. The van der Waals surface area contributed by atoms with Crippen molar-refractivity contribution in [2.45, 2.75) is 71.1 Å². The third-order valence-electron chi connectivity index (χ3n) is 5.59. The Kier molecular flexibility index (Phi) is 6.20. The average molecular weight is 260 g/mol. The highest BCUT2D eigenvalue weighted by Crippen LogP contribution is 2.42. The highest BCUT2D eigenvalue weighted by Gasteiger charge is 2.29. The van der Waals surface area contributed by atoms with Gasteiger partial charge in [-0.2, -0.15) is 0 Å². The number of allylic oxidation sites excluding steroid dienone is 3. The van der Waals surface area contributed by atoms with Gasteiger partial charge in [0, 0.05) is 0 Å². The molecule has 0 nitrogen and oxygen atoms in total. The van der Waals surface area contributed by atoms with Crippen LogP contribution in [0.1, 0.15) is 71.1 Å². The van der Waals surface area contributed by atoms with E-state index >= 15 is 0 Å². The van der Waals surface area contributed by atoms with E-state index in [1.807, 2.05) is 6.08 Å². The summed E-state index contributed by atoms with van der Waals surface area (Å²) in [5.74, 6) is 4.02. The quantitative estimate of drug-likeness (QED) is 0.521. The Balaban J connectivity index is 1.70. The van der Waals surface area contributed by atoms with Crippen molar-refractivity contribution in [3.8, 4) is 0 Å². The molecule has 0 aliphatic heterocycles. The third-order valence-corrected chi connectivity index (χ3v) is 5.59. The molecule has 0 heteroatoms. The maximum Gasteiger partial charge on any atom is -0.0230 e. The van der Waals surface area contributed by atoms with E-state index in [-0.39, 0.29) is 0 Å². The molecule has 2 saturated carbocycles. The van der Waals surface area contributed by atoms with Gasteiger partial charge in [-0.1, -0.05) is 57.4 Å². The molecule has 0 heterocycles. The Hall–Kier alpha value is -0.520. The van der Waals surface area contributed by atoms with Gasteiger partial charge in [0.1, 0.15) is 0 Å². The van der Waals surface area contributed by atoms with Crippen molar-refractivity contribution in [2.24, 2.45) is 23.7 Å². The van der Waals surface area contributed by atoms with E-state index in [0.717, 1.165) is 23.7 Å². The smallest absolute Gasteiger partial charge is 0.0230 e. The molecular weight excluding hydrogens is 228 g/mol. The third kappa shape index (κ3) is 4.51. The lowest BCUT2D eigenvalue weighted by Crippen LogP contribution is -2.25. The number of hydrogen-bond acceptors (Lipinski definition) is 0. The van der Waals surface area contributed by atoms with Crippen LogP contribution < -0.4 is 0 Å². The van der Waals surface area contributed by atoms with Crippen LogP contribution in [-0.2, 0) is 0 Å². The fourth-order valence-corrected chi connectivity index (χ4v) is 4.40. The second-order valence-corrected chi connectivity index (χ2v) is 6.86. The highest BCUT2D eigenvalue weighted by molar-refractivity contribution is 5.01. The second kappa shape index (κ2) is 7.92. The van der Waals surface area contributed by atoms with Gasteiger partial charge in [-0.3, -0.25) is 0 Å². The van der Waals surface area contributed by atoms with Crippen LogP contribution >= 0.6 is 0 Å². The lowest BCUT2D eigenvalue weighted by Gasteiger charge is -2.37. The molecule has 0 aromatic carbocycles. The number of rotatable bonds is 5. The van der Waals surface area contributed by atoms with E-state index in [4.69, 9.17) is 0 Å². The summed E-state index contributed by atoms with van der Waals surface area (Å²) in [5, 5.41) is 0. The predicted octanol–water partition coefficient (Wildman–Crippen LogP) is 6.14. The Morgan fingerprint density at radius 2 is 1.47 bits per heavy atom. The molecule has 0 amide bonds. The molecule has 0 aromatic rings. The Labute approximate surface area is 120 Å². The van der Waals surface area contributed by atoms with Crippen LogP contribution in [0.4, 0.5) is 0 Å². The first-order chi connectivity index (χ1) is 9.33. The number of hydrogen-bond donors (Lipinski definition) is 0. The Morgan fingerprint density at radius 3 is 2.00 bits per heavy atom. The van der Waals surface area contributed by atoms with Crippen molar-refractivity contribution in [3.05, 3.63) is 24.8 Å². The van der Waals surface area contributed by atoms with E-state index in [9.17, 15) is 0 Å². The van der Waals surface area contributed by atoms with Gasteiger partial charge in [-0.15, -0.1) is 0 Å². The van der Waals surface area contributed by atoms with Gasteiger partial charge in [0.15, 0.2) is 0 Å². The zero-order valence-electron chi connectivity index (χ0n) is 12.8. The maximum atomic E-state index is 3.77. The summed E-state index contributed by atoms with van der Waals surface area (Å²) in [7, 11) is 0. The van der Waals surface area contributed by atoms with Crippen molar-refractivity contribution in [2.75, 3.05) is 0 Å². The van der Waals surface area contributed by atoms with E-state index in [1.165, 1.54) is 64.2 Å². The minimum Gasteiger partial charge on any atom is -0.0991 e. The van der Waals surface area contributed by atoms with E-state index in [2.05, 4.69) is 25.7 Å². The Bertz CT molecular complexity index is 272. The zero-order valence-corrected chi connectivity index (χ0v) is 12.8. The standard InChI is InChI=1S/C19H32/c1-3-5-7-17-10-14-19(15-11-17)18-12-8-16(6-4-2)9-13-18/h3,5,7,16-19H,1,4,6,8-15H2,2H3. The molecule has 0 N–H and O–H groups in total. The van der Waals surface area contributed by atoms with E-state index in [1.54, 1.807) is 0 Å². The summed E-state index contributed by atoms with van der Waals surface area (Å²) in [5.41, 5.74) is 0. The van der Waals surface area contributed by atoms with Gasteiger partial charge < -0.3 is 0 Å². The first-order valence-electron chi connectivity index (χ1n) is 8.62. The summed E-state index contributed by atoms with van der Waals surface area (Å²) in [6.07, 6.45) is 21.2. The van der Waals surface area contributed by atoms with Gasteiger partial charge in [0.2, 0.25) is 0 Å². The molecule has 108 valence electrons. The van der Waals surface area contributed by atoms with Gasteiger partial charge in [-0.05, 0) is 62.2 Å². The lowest BCUT2D eigenvalue weighted by atomic mass is 9.69. The van der Waals surface area contributed by atoms with Gasteiger partial charge in [-0.25, -0.2) is 0 Å². The zero-order chi connectivity index (χ0) is 13.5. The molecule has 19 heavy (non-hydrogen) atoms. The molecule has 2 rings (SSSR count). The highest BCUT2D eigenvalue weighted by atomic mass is 14.3. The SMILES string of the molecule is C=CC=CC1CCC(C2CCC(CCC)CC2)CC1. The van der Waals surface area contributed by atoms with Crippen molar-refractivity contribution in [1.29, 1.82) is 0 Å². The molecule has 0 unspecified atom stereocenters.